The van der Waals surface area contributed by atoms with Crippen LogP contribution in [0.1, 0.15) is 24.7 Å². The van der Waals surface area contributed by atoms with Gasteiger partial charge in [-0.3, -0.25) is 19.1 Å². The number of amides is 1. The van der Waals surface area contributed by atoms with Crippen LogP contribution in [0.2, 0.25) is 0 Å². The molecular formula is C19H23N5O4. The fraction of sp³-hybridized carbons (Fsp3) is 0.368. The van der Waals surface area contributed by atoms with Crippen LogP contribution in [0.5, 0.6) is 5.75 Å². The smallest absolute Gasteiger partial charge is 0.329 e. The number of carbonyl (C=O) groups excluding carboxylic acids is 1. The molecule has 0 saturated heterocycles. The molecule has 9 heteroatoms. The molecule has 0 spiro atoms. The molecule has 0 radical (unpaired) electrons. The molecule has 0 atom stereocenters. The van der Waals surface area contributed by atoms with E-state index < -0.39 is 11.2 Å². The Morgan fingerprint density at radius 1 is 1.21 bits per heavy atom. The average molecular weight is 385 g/mol. The number of hydrogen-bond donors (Lipinski definition) is 2. The molecule has 0 aliphatic rings. The van der Waals surface area contributed by atoms with Gasteiger partial charge in [-0.1, -0.05) is 12.1 Å². The summed E-state index contributed by atoms with van der Waals surface area (Å²) in [5, 5.41) is 0. The van der Waals surface area contributed by atoms with Gasteiger partial charge in [-0.05, 0) is 24.6 Å². The Kier molecular flexibility index (Phi) is 5.62. The summed E-state index contributed by atoms with van der Waals surface area (Å²) in [4.78, 5) is 47.3. The van der Waals surface area contributed by atoms with Crippen LogP contribution in [0.4, 0.5) is 0 Å². The van der Waals surface area contributed by atoms with Crippen molar-refractivity contribution in [2.45, 2.75) is 26.3 Å². The van der Waals surface area contributed by atoms with Crippen molar-refractivity contribution >= 4 is 17.1 Å². The van der Waals surface area contributed by atoms with E-state index >= 15 is 0 Å². The van der Waals surface area contributed by atoms with Gasteiger partial charge in [0.05, 0.1) is 7.11 Å². The van der Waals surface area contributed by atoms with Gasteiger partial charge in [-0.2, -0.15) is 0 Å². The maximum Gasteiger partial charge on any atom is 0.329 e. The van der Waals surface area contributed by atoms with Crippen LogP contribution < -0.4 is 16.0 Å². The first kappa shape index (κ1) is 19.4. The Morgan fingerprint density at radius 3 is 2.57 bits per heavy atom. The van der Waals surface area contributed by atoms with Crippen molar-refractivity contribution in [2.75, 3.05) is 13.7 Å². The Bertz CT molecular complexity index is 1090. The minimum atomic E-state index is -0.525. The van der Waals surface area contributed by atoms with Crippen LogP contribution >= 0.6 is 0 Å². The third-order valence-corrected chi connectivity index (χ3v) is 4.65. The van der Waals surface area contributed by atoms with E-state index in [0.29, 0.717) is 25.3 Å². The van der Waals surface area contributed by atoms with Gasteiger partial charge in [0.25, 0.3) is 5.56 Å². The lowest BCUT2D eigenvalue weighted by Gasteiger charge is -2.21. The molecule has 28 heavy (non-hydrogen) atoms. The van der Waals surface area contributed by atoms with Crippen molar-refractivity contribution in [1.82, 2.24) is 24.4 Å². The van der Waals surface area contributed by atoms with E-state index in [0.717, 1.165) is 11.3 Å². The molecule has 148 valence electrons. The lowest BCUT2D eigenvalue weighted by atomic mass is 10.2. The summed E-state index contributed by atoms with van der Waals surface area (Å²) in [5.41, 5.74) is 0.485. The number of ether oxygens (including phenoxy) is 1. The molecular weight excluding hydrogens is 362 g/mol. The summed E-state index contributed by atoms with van der Waals surface area (Å²) in [6.45, 7) is 3.02. The number of aryl methyl sites for hydroxylation is 2. The van der Waals surface area contributed by atoms with Crippen molar-refractivity contribution in [1.29, 1.82) is 0 Å². The Hall–Kier alpha value is -3.36. The molecule has 9 nitrogen and oxygen atoms in total. The fourth-order valence-electron chi connectivity index (χ4n) is 2.98. The highest BCUT2D eigenvalue weighted by Crippen LogP contribution is 2.14. The van der Waals surface area contributed by atoms with E-state index in [-0.39, 0.29) is 23.5 Å². The average Bonchev–Trinajstić information content (AvgIpc) is 3.14. The van der Waals surface area contributed by atoms with Crippen LogP contribution in [-0.2, 0) is 24.8 Å². The van der Waals surface area contributed by atoms with Crippen molar-refractivity contribution in [3.8, 4) is 5.75 Å². The van der Waals surface area contributed by atoms with Crippen molar-refractivity contribution in [3.05, 3.63) is 56.5 Å². The zero-order valence-electron chi connectivity index (χ0n) is 16.1. The first-order chi connectivity index (χ1) is 13.4. The first-order valence-electron chi connectivity index (χ1n) is 9.01. The van der Waals surface area contributed by atoms with Gasteiger partial charge < -0.3 is 14.6 Å². The highest BCUT2D eigenvalue weighted by Gasteiger charge is 2.15. The van der Waals surface area contributed by atoms with E-state index in [2.05, 4.69) is 15.0 Å². The van der Waals surface area contributed by atoms with Crippen LogP contribution in [-0.4, -0.2) is 44.0 Å². The molecule has 1 aromatic carbocycles. The van der Waals surface area contributed by atoms with Crippen LogP contribution in [0, 0.1) is 0 Å². The molecule has 0 saturated carbocycles. The number of nitrogens with one attached hydrogen (secondary N) is 2. The van der Waals surface area contributed by atoms with Crippen molar-refractivity contribution in [2.24, 2.45) is 7.05 Å². The number of imidazole rings is 1. The third kappa shape index (κ3) is 3.98. The number of H-pyrrole nitrogens is 2. The highest BCUT2D eigenvalue weighted by atomic mass is 16.5. The maximum absolute atomic E-state index is 12.6. The summed E-state index contributed by atoms with van der Waals surface area (Å²) < 4.78 is 6.41. The maximum atomic E-state index is 12.6. The number of methoxy groups -OCH3 is 1. The molecule has 2 heterocycles. The quantitative estimate of drug-likeness (QED) is 0.628. The molecule has 0 aliphatic heterocycles. The third-order valence-electron chi connectivity index (χ3n) is 4.65. The Labute approximate surface area is 161 Å². The van der Waals surface area contributed by atoms with E-state index in [1.807, 2.05) is 31.2 Å². The van der Waals surface area contributed by atoms with Gasteiger partial charge in [-0.25, -0.2) is 9.78 Å². The number of nitrogens with zero attached hydrogens (tertiary/aromatic N) is 3. The molecule has 0 unspecified atom stereocenters. The van der Waals surface area contributed by atoms with Crippen LogP contribution in [0.15, 0.2) is 33.9 Å². The monoisotopic (exact) mass is 385 g/mol. The second-order valence-corrected chi connectivity index (χ2v) is 6.46. The van der Waals surface area contributed by atoms with Gasteiger partial charge in [0.2, 0.25) is 5.91 Å². The highest BCUT2D eigenvalue weighted by molar-refractivity contribution is 5.76. The number of fused-ring (bicyclic) bond motifs is 1. The molecule has 3 aromatic rings. The van der Waals surface area contributed by atoms with Crippen molar-refractivity contribution < 1.29 is 9.53 Å². The molecule has 0 bridgehead atoms. The van der Waals surface area contributed by atoms with E-state index in [4.69, 9.17) is 4.74 Å². The predicted molar refractivity (Wildman–Crippen MR) is 104 cm³/mol. The molecule has 2 N–H and O–H groups in total. The van der Waals surface area contributed by atoms with E-state index in [9.17, 15) is 14.4 Å². The fourth-order valence-corrected chi connectivity index (χ4v) is 2.98. The largest absolute Gasteiger partial charge is 0.497 e. The number of aromatic nitrogens is 4. The Morgan fingerprint density at radius 2 is 1.93 bits per heavy atom. The molecule has 2 aromatic heterocycles. The normalized spacial score (nSPS) is 11.0. The van der Waals surface area contributed by atoms with Crippen LogP contribution in [0.3, 0.4) is 0 Å². The summed E-state index contributed by atoms with van der Waals surface area (Å²) in [5.74, 6) is 1.25. The van der Waals surface area contributed by atoms with Crippen LogP contribution in [0.25, 0.3) is 11.2 Å². The van der Waals surface area contributed by atoms with Gasteiger partial charge in [0.15, 0.2) is 5.65 Å². The second-order valence-electron chi connectivity index (χ2n) is 6.46. The molecule has 0 fully saturated rings. The lowest BCUT2D eigenvalue weighted by molar-refractivity contribution is -0.131. The summed E-state index contributed by atoms with van der Waals surface area (Å²) in [7, 11) is 3.14. The molecule has 3 rings (SSSR count). The zero-order valence-corrected chi connectivity index (χ0v) is 16.1. The SMILES string of the molecule is CCN(Cc1ccc(OC)cc1)C(=O)CCc1nc2c([nH]1)c(=O)[nH]c(=O)n2C. The standard InChI is InChI=1S/C19H23N5O4/c1-4-24(11-12-5-7-13(28-3)8-6-12)15(25)10-9-14-20-16-17(21-14)23(2)19(27)22-18(16)26/h5-8H,4,9-11H2,1-3H3,(H,20,21)(H,22,26,27). The number of aromatic amines is 2. The lowest BCUT2D eigenvalue weighted by Crippen LogP contribution is -2.30. The van der Waals surface area contributed by atoms with E-state index in [1.54, 1.807) is 12.0 Å². The van der Waals surface area contributed by atoms with Gasteiger partial charge in [-0.15, -0.1) is 0 Å². The van der Waals surface area contributed by atoms with Crippen molar-refractivity contribution in [3.63, 3.8) is 0 Å². The molecule has 1 amide bonds. The summed E-state index contributed by atoms with van der Waals surface area (Å²) in [6.07, 6.45) is 0.593. The number of rotatable bonds is 7. The Balaban J connectivity index is 1.68. The summed E-state index contributed by atoms with van der Waals surface area (Å²) >= 11 is 0. The first-order valence-corrected chi connectivity index (χ1v) is 9.01. The van der Waals surface area contributed by atoms with Gasteiger partial charge >= 0.3 is 5.69 Å². The topological polar surface area (TPSA) is 113 Å². The number of hydrogen-bond acceptors (Lipinski definition) is 5. The van der Waals surface area contributed by atoms with Gasteiger partial charge in [0, 0.05) is 33.0 Å². The minimum absolute atomic E-state index is 0.0124. The number of carbonyl (C=O) groups is 1. The molecule has 0 aliphatic carbocycles. The predicted octanol–water partition coefficient (Wildman–Crippen LogP) is 0.940. The van der Waals surface area contributed by atoms with Gasteiger partial charge in [0.1, 0.15) is 17.1 Å². The summed E-state index contributed by atoms with van der Waals surface area (Å²) in [6, 6.07) is 7.59. The minimum Gasteiger partial charge on any atom is -0.497 e. The second kappa shape index (κ2) is 8.12. The van der Waals surface area contributed by atoms with E-state index in [1.165, 1.54) is 11.6 Å². The number of benzene rings is 1. The zero-order chi connectivity index (χ0) is 20.3.